The van der Waals surface area contributed by atoms with Crippen molar-refractivity contribution in [3.63, 3.8) is 0 Å². The van der Waals surface area contributed by atoms with E-state index >= 15 is 0 Å². The Hall–Kier alpha value is -1.81. The van der Waals surface area contributed by atoms with E-state index in [1.165, 1.54) is 22.0 Å². The van der Waals surface area contributed by atoms with Gasteiger partial charge >= 0.3 is 5.97 Å². The van der Waals surface area contributed by atoms with Gasteiger partial charge in [-0.3, -0.25) is 9.69 Å². The maximum atomic E-state index is 10.7. The lowest BCUT2D eigenvalue weighted by molar-refractivity contribution is -0.137. The predicted octanol–water partition coefficient (Wildman–Crippen LogP) is 3.03. The third kappa shape index (κ3) is 3.20. The van der Waals surface area contributed by atoms with Crippen molar-refractivity contribution < 1.29 is 9.90 Å². The van der Waals surface area contributed by atoms with Gasteiger partial charge in [0.25, 0.3) is 0 Å². The van der Waals surface area contributed by atoms with Crippen molar-refractivity contribution >= 4 is 16.9 Å². The maximum absolute atomic E-state index is 10.7. The molecule has 0 spiro atoms. The van der Waals surface area contributed by atoms with Crippen molar-refractivity contribution in [2.75, 3.05) is 13.1 Å². The smallest absolute Gasteiger partial charge is 0.304 e. The molecule has 108 valence electrons. The number of benzene rings is 1. The summed E-state index contributed by atoms with van der Waals surface area (Å²) < 4.78 is 0. The van der Waals surface area contributed by atoms with Crippen molar-refractivity contribution in [2.45, 2.75) is 33.2 Å². The summed E-state index contributed by atoms with van der Waals surface area (Å²) >= 11 is 0. The van der Waals surface area contributed by atoms with Crippen molar-refractivity contribution in [2.24, 2.45) is 0 Å². The molecule has 2 N–H and O–H groups in total. The van der Waals surface area contributed by atoms with Crippen LogP contribution in [0.15, 0.2) is 24.4 Å². The Balaban J connectivity index is 2.18. The highest BCUT2D eigenvalue weighted by atomic mass is 16.4. The van der Waals surface area contributed by atoms with Crippen LogP contribution in [0.5, 0.6) is 0 Å². The van der Waals surface area contributed by atoms with Gasteiger partial charge in [0.15, 0.2) is 0 Å². The van der Waals surface area contributed by atoms with E-state index in [9.17, 15) is 4.79 Å². The third-order valence-electron chi connectivity index (χ3n) is 3.75. The first-order chi connectivity index (χ1) is 9.65. The highest BCUT2D eigenvalue weighted by molar-refractivity contribution is 5.86. The average Bonchev–Trinajstić information content (AvgIpc) is 2.86. The van der Waals surface area contributed by atoms with Crippen molar-refractivity contribution in [1.82, 2.24) is 9.88 Å². The zero-order valence-electron chi connectivity index (χ0n) is 12.1. The molecule has 4 nitrogen and oxygen atoms in total. The van der Waals surface area contributed by atoms with Crippen LogP contribution in [0, 0.1) is 0 Å². The fraction of sp³-hybridized carbons (Fsp3) is 0.438. The van der Waals surface area contributed by atoms with E-state index < -0.39 is 5.97 Å². The molecule has 0 fully saturated rings. The minimum atomic E-state index is -0.740. The summed E-state index contributed by atoms with van der Waals surface area (Å²) in [4.78, 5) is 16.2. The minimum Gasteiger partial charge on any atom is -0.481 e. The Morgan fingerprint density at radius 1 is 1.30 bits per heavy atom. The number of hydrogen-bond acceptors (Lipinski definition) is 2. The molecule has 1 heterocycles. The van der Waals surface area contributed by atoms with Gasteiger partial charge < -0.3 is 10.1 Å². The second-order valence-electron chi connectivity index (χ2n) is 5.02. The molecule has 4 heteroatoms. The van der Waals surface area contributed by atoms with Gasteiger partial charge in [-0.15, -0.1) is 0 Å². The first kappa shape index (κ1) is 14.6. The number of hydrogen-bond donors (Lipinski definition) is 2. The van der Waals surface area contributed by atoms with E-state index in [2.05, 4.69) is 41.9 Å². The third-order valence-corrected chi connectivity index (χ3v) is 3.75. The van der Waals surface area contributed by atoms with Crippen LogP contribution in [0.3, 0.4) is 0 Å². The molecule has 2 aromatic rings. The average molecular weight is 274 g/mol. The lowest BCUT2D eigenvalue weighted by Gasteiger charge is -2.18. The number of H-pyrrole nitrogens is 1. The molecule has 1 aromatic heterocycles. The van der Waals surface area contributed by atoms with Crippen LogP contribution >= 0.6 is 0 Å². The summed E-state index contributed by atoms with van der Waals surface area (Å²) in [6.07, 6.45) is 3.25. The molecular weight excluding hydrogens is 252 g/mol. The number of nitrogens with one attached hydrogen (secondary N) is 1. The zero-order valence-corrected chi connectivity index (χ0v) is 12.1. The number of carboxylic acid groups (broad SMARTS) is 1. The Morgan fingerprint density at radius 2 is 2.10 bits per heavy atom. The van der Waals surface area contributed by atoms with E-state index in [1.54, 1.807) is 0 Å². The number of nitrogens with zero attached hydrogens (tertiary/aromatic N) is 1. The number of carbonyl (C=O) groups is 1. The number of carboxylic acids is 1. The van der Waals surface area contributed by atoms with E-state index in [-0.39, 0.29) is 6.42 Å². The largest absolute Gasteiger partial charge is 0.481 e. The quantitative estimate of drug-likeness (QED) is 0.816. The SMILES string of the molecule is CCc1cccc2c(CN(CC)CCC(=O)O)c[nH]c12. The van der Waals surface area contributed by atoms with E-state index in [1.807, 2.05) is 6.20 Å². The first-order valence-electron chi connectivity index (χ1n) is 7.17. The Labute approximate surface area is 119 Å². The topological polar surface area (TPSA) is 56.3 Å². The second-order valence-corrected chi connectivity index (χ2v) is 5.02. The first-order valence-corrected chi connectivity index (χ1v) is 7.17. The molecule has 0 aliphatic heterocycles. The van der Waals surface area contributed by atoms with Gasteiger partial charge in [-0.1, -0.05) is 32.0 Å². The standard InChI is InChI=1S/C16H22N2O2/c1-3-12-6-5-7-14-13(10-17-16(12)14)11-18(4-2)9-8-15(19)20/h5-7,10,17H,3-4,8-9,11H2,1-2H3,(H,19,20). The number of aliphatic carboxylic acids is 1. The van der Waals surface area contributed by atoms with Crippen molar-refractivity contribution in [1.29, 1.82) is 0 Å². The molecule has 2 rings (SSSR count). The highest BCUT2D eigenvalue weighted by Gasteiger charge is 2.11. The summed E-state index contributed by atoms with van der Waals surface area (Å²) in [7, 11) is 0. The summed E-state index contributed by atoms with van der Waals surface area (Å²) in [5, 5.41) is 10.0. The van der Waals surface area contributed by atoms with Crippen LogP contribution < -0.4 is 0 Å². The van der Waals surface area contributed by atoms with Crippen molar-refractivity contribution in [3.05, 3.63) is 35.5 Å². The Morgan fingerprint density at radius 3 is 2.75 bits per heavy atom. The molecule has 0 atom stereocenters. The van der Waals surface area contributed by atoms with Gasteiger partial charge in [0.2, 0.25) is 0 Å². The van der Waals surface area contributed by atoms with Crippen LogP contribution in [0.25, 0.3) is 10.9 Å². The number of fused-ring (bicyclic) bond motifs is 1. The highest BCUT2D eigenvalue weighted by Crippen LogP contribution is 2.23. The van der Waals surface area contributed by atoms with Gasteiger partial charge in [-0.25, -0.2) is 0 Å². The monoisotopic (exact) mass is 274 g/mol. The lowest BCUT2D eigenvalue weighted by Crippen LogP contribution is -2.25. The molecule has 0 saturated carbocycles. The normalized spacial score (nSPS) is 11.3. The summed E-state index contributed by atoms with van der Waals surface area (Å²) in [5.74, 6) is -0.740. The van der Waals surface area contributed by atoms with Gasteiger partial charge in [0, 0.05) is 30.2 Å². The van der Waals surface area contributed by atoms with E-state index in [0.717, 1.165) is 19.5 Å². The fourth-order valence-corrected chi connectivity index (χ4v) is 2.54. The van der Waals surface area contributed by atoms with Crippen LogP contribution in [-0.4, -0.2) is 34.0 Å². The number of aromatic amines is 1. The number of aryl methyl sites for hydroxylation is 1. The number of aromatic nitrogens is 1. The Bertz CT molecular complexity index is 589. The van der Waals surface area contributed by atoms with Crippen LogP contribution in [0.4, 0.5) is 0 Å². The molecule has 20 heavy (non-hydrogen) atoms. The number of para-hydroxylation sites is 1. The predicted molar refractivity (Wildman–Crippen MR) is 80.9 cm³/mol. The van der Waals surface area contributed by atoms with Gasteiger partial charge in [-0.2, -0.15) is 0 Å². The maximum Gasteiger partial charge on any atom is 0.304 e. The zero-order chi connectivity index (χ0) is 14.5. The van der Waals surface area contributed by atoms with Crippen LogP contribution in [0.2, 0.25) is 0 Å². The number of rotatable bonds is 7. The van der Waals surface area contributed by atoms with Gasteiger partial charge in [-0.05, 0) is 24.1 Å². The molecule has 0 radical (unpaired) electrons. The summed E-state index contributed by atoms with van der Waals surface area (Å²) in [6.45, 7) is 6.45. The molecule has 0 saturated heterocycles. The molecule has 0 aliphatic carbocycles. The second kappa shape index (κ2) is 6.57. The molecule has 0 aliphatic rings. The van der Waals surface area contributed by atoms with Crippen LogP contribution in [-0.2, 0) is 17.8 Å². The molecule has 1 aromatic carbocycles. The van der Waals surface area contributed by atoms with Gasteiger partial charge in [0.05, 0.1) is 6.42 Å². The molecular formula is C16H22N2O2. The fourth-order valence-electron chi connectivity index (χ4n) is 2.54. The Kier molecular flexibility index (Phi) is 4.79. The lowest BCUT2D eigenvalue weighted by atomic mass is 10.1. The molecule has 0 amide bonds. The molecule has 0 unspecified atom stereocenters. The van der Waals surface area contributed by atoms with Gasteiger partial charge in [0.1, 0.15) is 0 Å². The minimum absolute atomic E-state index is 0.191. The van der Waals surface area contributed by atoms with Crippen molar-refractivity contribution in [3.8, 4) is 0 Å². The summed E-state index contributed by atoms with van der Waals surface area (Å²) in [5.41, 5.74) is 3.77. The van der Waals surface area contributed by atoms with E-state index in [0.29, 0.717) is 6.54 Å². The van der Waals surface area contributed by atoms with Crippen LogP contribution in [0.1, 0.15) is 31.4 Å². The van der Waals surface area contributed by atoms with E-state index in [4.69, 9.17) is 5.11 Å². The molecule has 0 bridgehead atoms. The summed E-state index contributed by atoms with van der Waals surface area (Å²) in [6, 6.07) is 6.36.